The summed E-state index contributed by atoms with van der Waals surface area (Å²) in [5.74, 6) is 1.65. The van der Waals surface area contributed by atoms with E-state index in [1.165, 1.54) is 10.5 Å². The Morgan fingerprint density at radius 1 is 1.35 bits per heavy atom. The van der Waals surface area contributed by atoms with Crippen LogP contribution in [-0.2, 0) is 4.84 Å². The molecule has 1 aromatic rings. The first-order chi connectivity index (χ1) is 8.19. The first kappa shape index (κ1) is 14.1. The lowest BCUT2D eigenvalue weighted by molar-refractivity contribution is 0.160. The van der Waals surface area contributed by atoms with E-state index in [4.69, 9.17) is 4.84 Å². The average Bonchev–Trinajstić information content (AvgIpc) is 2.30. The smallest absolute Gasteiger partial charge is 0.114 e. The Kier molecular flexibility index (Phi) is 6.12. The van der Waals surface area contributed by atoms with Gasteiger partial charge in [-0.05, 0) is 35.8 Å². The van der Waals surface area contributed by atoms with Gasteiger partial charge in [-0.3, -0.25) is 0 Å². The molecule has 94 valence electrons. The van der Waals surface area contributed by atoms with Gasteiger partial charge in [-0.25, -0.2) is 0 Å². The van der Waals surface area contributed by atoms with Gasteiger partial charge in [0.1, 0.15) is 6.61 Å². The van der Waals surface area contributed by atoms with E-state index in [1.807, 2.05) is 18.7 Å². The van der Waals surface area contributed by atoms with Crippen molar-refractivity contribution in [1.82, 2.24) is 0 Å². The van der Waals surface area contributed by atoms with Crippen LogP contribution in [0.3, 0.4) is 0 Å². The summed E-state index contributed by atoms with van der Waals surface area (Å²) in [6, 6.07) is 6.47. The molecule has 2 nitrogen and oxygen atoms in total. The lowest BCUT2D eigenvalue weighted by atomic mass is 10.0. The number of thioether (sulfide) groups is 1. The van der Waals surface area contributed by atoms with Crippen molar-refractivity contribution >= 4 is 18.0 Å². The molecule has 3 heteroatoms. The van der Waals surface area contributed by atoms with Gasteiger partial charge in [-0.15, -0.1) is 11.8 Å². The third-order valence-corrected chi connectivity index (χ3v) is 3.32. The number of nitrogens with zero attached hydrogens (tertiary/aromatic N) is 1. The highest BCUT2D eigenvalue weighted by atomic mass is 32.2. The van der Waals surface area contributed by atoms with Crippen LogP contribution in [0.15, 0.2) is 28.3 Å². The molecule has 0 heterocycles. The summed E-state index contributed by atoms with van der Waals surface area (Å²) in [7, 11) is 0. The van der Waals surface area contributed by atoms with E-state index in [0.29, 0.717) is 12.5 Å². The molecule has 0 aliphatic rings. The minimum atomic E-state index is 0.557. The largest absolute Gasteiger partial charge is 0.396 e. The molecule has 0 aromatic heterocycles. The molecule has 0 bridgehead atoms. The molecule has 0 amide bonds. The zero-order valence-electron chi connectivity index (χ0n) is 11.1. The van der Waals surface area contributed by atoms with Crippen LogP contribution >= 0.6 is 11.8 Å². The highest BCUT2D eigenvalue weighted by Crippen LogP contribution is 2.29. The molecule has 0 spiro atoms. The fraction of sp³-hybridized carbons (Fsp3) is 0.500. The number of rotatable bonds is 6. The van der Waals surface area contributed by atoms with Crippen LogP contribution in [0.1, 0.15) is 44.7 Å². The first-order valence-corrected chi connectivity index (χ1v) is 7.09. The summed E-state index contributed by atoms with van der Waals surface area (Å²) in [4.78, 5) is 6.33. The van der Waals surface area contributed by atoms with Crippen molar-refractivity contribution in [1.29, 1.82) is 0 Å². The maximum Gasteiger partial charge on any atom is 0.114 e. The second-order valence-electron chi connectivity index (χ2n) is 4.04. The summed E-state index contributed by atoms with van der Waals surface area (Å²) in [5, 5.41) is 3.90. The molecule has 0 atom stereocenters. The molecule has 0 N–H and O–H groups in total. The highest BCUT2D eigenvalue weighted by molar-refractivity contribution is 7.99. The summed E-state index contributed by atoms with van der Waals surface area (Å²) in [6.07, 6.45) is 1.77. The van der Waals surface area contributed by atoms with Crippen molar-refractivity contribution < 1.29 is 4.84 Å². The van der Waals surface area contributed by atoms with Crippen LogP contribution < -0.4 is 0 Å². The van der Waals surface area contributed by atoms with E-state index in [1.54, 1.807) is 6.21 Å². The lowest BCUT2D eigenvalue weighted by Gasteiger charge is -2.12. The molecule has 0 saturated heterocycles. The Morgan fingerprint density at radius 2 is 2.12 bits per heavy atom. The van der Waals surface area contributed by atoms with E-state index in [-0.39, 0.29) is 0 Å². The Balaban J connectivity index is 2.92. The molecule has 0 unspecified atom stereocenters. The fourth-order valence-electron chi connectivity index (χ4n) is 1.56. The minimum absolute atomic E-state index is 0.557. The Labute approximate surface area is 108 Å². The molecule has 0 radical (unpaired) electrons. The number of oxime groups is 1. The van der Waals surface area contributed by atoms with Gasteiger partial charge in [0.25, 0.3) is 0 Å². The van der Waals surface area contributed by atoms with Crippen molar-refractivity contribution in [3.05, 3.63) is 29.3 Å². The fourth-order valence-corrected chi connectivity index (χ4v) is 2.56. The SMILES string of the molecule is CCO/N=C/c1ccc(C(C)C)c(SCC)c1. The second-order valence-corrected chi connectivity index (χ2v) is 5.34. The average molecular weight is 251 g/mol. The molecule has 0 fully saturated rings. The van der Waals surface area contributed by atoms with Gasteiger partial charge in [0, 0.05) is 4.90 Å². The predicted molar refractivity (Wildman–Crippen MR) is 76.1 cm³/mol. The number of benzene rings is 1. The predicted octanol–water partition coefficient (Wildman–Crippen LogP) is 4.29. The Hall–Kier alpha value is -0.960. The van der Waals surface area contributed by atoms with Crippen molar-refractivity contribution in [2.75, 3.05) is 12.4 Å². The van der Waals surface area contributed by atoms with Crippen molar-refractivity contribution in [3.8, 4) is 0 Å². The second kappa shape index (κ2) is 7.38. The van der Waals surface area contributed by atoms with E-state index >= 15 is 0 Å². The van der Waals surface area contributed by atoms with E-state index in [0.717, 1.165) is 11.3 Å². The topological polar surface area (TPSA) is 21.6 Å². The zero-order chi connectivity index (χ0) is 12.7. The van der Waals surface area contributed by atoms with Crippen LogP contribution in [0.2, 0.25) is 0 Å². The van der Waals surface area contributed by atoms with Crippen molar-refractivity contribution in [3.63, 3.8) is 0 Å². The van der Waals surface area contributed by atoms with E-state index < -0.39 is 0 Å². The molecule has 1 rings (SSSR count). The lowest BCUT2D eigenvalue weighted by Crippen LogP contribution is -1.94. The quantitative estimate of drug-likeness (QED) is 0.427. The van der Waals surface area contributed by atoms with Crippen molar-refractivity contribution in [2.45, 2.75) is 38.5 Å². The summed E-state index contributed by atoms with van der Waals surface area (Å²) in [5.41, 5.74) is 2.50. The van der Waals surface area contributed by atoms with Crippen LogP contribution in [0.25, 0.3) is 0 Å². The maximum absolute atomic E-state index is 4.98. The summed E-state index contributed by atoms with van der Waals surface area (Å²) < 4.78 is 0. The van der Waals surface area contributed by atoms with Gasteiger partial charge in [-0.1, -0.05) is 38.1 Å². The molecule has 0 aliphatic carbocycles. The van der Waals surface area contributed by atoms with E-state index in [2.05, 4.69) is 44.1 Å². The zero-order valence-corrected chi connectivity index (χ0v) is 11.9. The molecular weight excluding hydrogens is 230 g/mol. The number of hydrogen-bond acceptors (Lipinski definition) is 3. The van der Waals surface area contributed by atoms with Gasteiger partial charge >= 0.3 is 0 Å². The van der Waals surface area contributed by atoms with Crippen LogP contribution in [0.5, 0.6) is 0 Å². The Morgan fingerprint density at radius 3 is 2.71 bits per heavy atom. The third-order valence-electron chi connectivity index (χ3n) is 2.36. The third kappa shape index (κ3) is 4.43. The van der Waals surface area contributed by atoms with Gasteiger partial charge in [0.05, 0.1) is 6.21 Å². The Bertz CT molecular complexity index is 374. The molecular formula is C14H21NOS. The summed E-state index contributed by atoms with van der Waals surface area (Å²) in [6.45, 7) is 9.16. The van der Waals surface area contributed by atoms with Gasteiger partial charge in [-0.2, -0.15) is 0 Å². The van der Waals surface area contributed by atoms with Crippen molar-refractivity contribution in [2.24, 2.45) is 5.16 Å². The normalized spacial score (nSPS) is 11.4. The first-order valence-electron chi connectivity index (χ1n) is 6.11. The van der Waals surface area contributed by atoms with Gasteiger partial charge < -0.3 is 4.84 Å². The maximum atomic E-state index is 4.98. The molecule has 0 aliphatic heterocycles. The minimum Gasteiger partial charge on any atom is -0.396 e. The standard InChI is InChI=1S/C14H21NOS/c1-5-16-15-10-12-7-8-13(11(3)4)14(9-12)17-6-2/h7-11H,5-6H2,1-4H3/b15-10+. The molecule has 0 saturated carbocycles. The van der Waals surface area contributed by atoms with Crippen LogP contribution in [0, 0.1) is 0 Å². The molecule has 17 heavy (non-hydrogen) atoms. The highest BCUT2D eigenvalue weighted by Gasteiger charge is 2.07. The summed E-state index contributed by atoms with van der Waals surface area (Å²) >= 11 is 1.88. The van der Waals surface area contributed by atoms with Gasteiger partial charge in [0.15, 0.2) is 0 Å². The molecule has 1 aromatic carbocycles. The number of hydrogen-bond donors (Lipinski definition) is 0. The van der Waals surface area contributed by atoms with E-state index in [9.17, 15) is 0 Å². The monoisotopic (exact) mass is 251 g/mol. The van der Waals surface area contributed by atoms with Gasteiger partial charge in [0.2, 0.25) is 0 Å². The van der Waals surface area contributed by atoms with Crippen LogP contribution in [-0.4, -0.2) is 18.6 Å². The van der Waals surface area contributed by atoms with Crippen LogP contribution in [0.4, 0.5) is 0 Å².